The van der Waals surface area contributed by atoms with Gasteiger partial charge in [-0.25, -0.2) is 14.4 Å². The number of anilines is 2. The zero-order valence-corrected chi connectivity index (χ0v) is 22.4. The zero-order chi connectivity index (χ0) is 25.8. The molecular weight excluding hydrogens is 491 g/mol. The Labute approximate surface area is 223 Å². The second-order valence-electron chi connectivity index (χ2n) is 10.4. The molecule has 1 aromatic heterocycles. The zero-order valence-electron chi connectivity index (χ0n) is 21.7. The number of aromatic nitrogens is 2. The first-order chi connectivity index (χ1) is 18.0. The third kappa shape index (κ3) is 6.10. The van der Waals surface area contributed by atoms with Crippen LogP contribution in [0, 0.1) is 23.6 Å². The Morgan fingerprint density at radius 3 is 2.78 bits per heavy atom. The molecule has 0 amide bonds. The molecule has 1 saturated heterocycles. The standard InChI is InChI=1S/C29H36ClFN4O2/c1-3-19-6-4-7-20-16-35(17-21(20)12-19)10-5-11-37-28-14-23-26(15-27(28)36-2)32-18-33-29(23)34-22-8-9-25(31)24(30)13-22/h8-9,13-15,18-21H,3-7,10-12,16-17H2,1-2H3,(H,32,33,34). The molecule has 5 rings (SSSR count). The van der Waals surface area contributed by atoms with E-state index in [1.165, 1.54) is 63.7 Å². The maximum Gasteiger partial charge on any atom is 0.162 e. The minimum absolute atomic E-state index is 0.0482. The van der Waals surface area contributed by atoms with Crippen LogP contribution in [0.4, 0.5) is 15.9 Å². The normalized spacial score (nSPS) is 22.0. The second-order valence-corrected chi connectivity index (χ2v) is 10.8. The van der Waals surface area contributed by atoms with E-state index >= 15 is 0 Å². The summed E-state index contributed by atoms with van der Waals surface area (Å²) in [7, 11) is 1.63. The highest BCUT2D eigenvalue weighted by Crippen LogP contribution is 2.39. The largest absolute Gasteiger partial charge is 0.493 e. The minimum Gasteiger partial charge on any atom is -0.493 e. The van der Waals surface area contributed by atoms with Crippen LogP contribution in [-0.2, 0) is 0 Å². The van der Waals surface area contributed by atoms with Crippen molar-refractivity contribution in [3.05, 3.63) is 47.5 Å². The predicted octanol–water partition coefficient (Wildman–Crippen LogP) is 7.09. The van der Waals surface area contributed by atoms with Crippen molar-refractivity contribution in [3.8, 4) is 11.5 Å². The van der Waals surface area contributed by atoms with Crippen LogP contribution in [0.15, 0.2) is 36.7 Å². The number of hydrogen-bond donors (Lipinski definition) is 1. The highest BCUT2D eigenvalue weighted by Gasteiger charge is 2.35. The van der Waals surface area contributed by atoms with Crippen molar-refractivity contribution in [2.75, 3.05) is 38.7 Å². The average Bonchev–Trinajstić information content (AvgIpc) is 3.18. The van der Waals surface area contributed by atoms with Crippen molar-refractivity contribution in [2.45, 2.75) is 45.4 Å². The van der Waals surface area contributed by atoms with Crippen molar-refractivity contribution < 1.29 is 13.9 Å². The Balaban J connectivity index is 1.22. The van der Waals surface area contributed by atoms with Crippen LogP contribution in [-0.4, -0.2) is 48.2 Å². The number of methoxy groups -OCH3 is 1. The number of benzene rings is 2. The monoisotopic (exact) mass is 526 g/mol. The van der Waals surface area contributed by atoms with Crippen molar-refractivity contribution >= 4 is 34.0 Å². The fourth-order valence-electron chi connectivity index (χ4n) is 6.01. The third-order valence-electron chi connectivity index (χ3n) is 8.03. The molecule has 6 nitrogen and oxygen atoms in total. The van der Waals surface area contributed by atoms with Gasteiger partial charge in [0, 0.05) is 36.8 Å². The van der Waals surface area contributed by atoms with Gasteiger partial charge in [0.1, 0.15) is 18.0 Å². The summed E-state index contributed by atoms with van der Waals surface area (Å²) < 4.78 is 25.4. The molecule has 3 atom stereocenters. The van der Waals surface area contributed by atoms with E-state index in [9.17, 15) is 4.39 Å². The fourth-order valence-corrected chi connectivity index (χ4v) is 6.20. The Morgan fingerprint density at radius 1 is 1.11 bits per heavy atom. The molecule has 0 bridgehead atoms. The number of hydrogen-bond acceptors (Lipinski definition) is 6. The first-order valence-electron chi connectivity index (χ1n) is 13.4. The minimum atomic E-state index is -0.464. The van der Waals surface area contributed by atoms with Crippen LogP contribution in [0.5, 0.6) is 11.5 Å². The predicted molar refractivity (Wildman–Crippen MR) is 147 cm³/mol. The summed E-state index contributed by atoms with van der Waals surface area (Å²) in [5.74, 6) is 4.07. The quantitative estimate of drug-likeness (QED) is 0.300. The van der Waals surface area contributed by atoms with E-state index in [0.717, 1.165) is 41.6 Å². The summed E-state index contributed by atoms with van der Waals surface area (Å²) in [6, 6.07) is 8.23. The third-order valence-corrected chi connectivity index (χ3v) is 8.32. The molecule has 3 aromatic rings. The molecule has 198 valence electrons. The molecule has 0 spiro atoms. The van der Waals surface area contributed by atoms with Gasteiger partial charge in [-0.2, -0.15) is 0 Å². The maximum absolute atomic E-state index is 13.6. The van der Waals surface area contributed by atoms with E-state index in [4.69, 9.17) is 21.1 Å². The van der Waals surface area contributed by atoms with Gasteiger partial charge in [-0.1, -0.05) is 37.8 Å². The Morgan fingerprint density at radius 2 is 1.97 bits per heavy atom. The Bertz CT molecular complexity index is 1230. The van der Waals surface area contributed by atoms with Gasteiger partial charge in [0.05, 0.1) is 24.3 Å². The summed E-state index contributed by atoms with van der Waals surface area (Å²) in [4.78, 5) is 11.4. The van der Waals surface area contributed by atoms with Crippen LogP contribution >= 0.6 is 11.6 Å². The topological polar surface area (TPSA) is 59.5 Å². The highest BCUT2D eigenvalue weighted by atomic mass is 35.5. The summed E-state index contributed by atoms with van der Waals surface area (Å²) in [5, 5.41) is 4.04. The summed E-state index contributed by atoms with van der Waals surface area (Å²) in [5.41, 5.74) is 1.35. The SMILES string of the molecule is CCC1CCCC2CN(CCCOc3cc4c(Nc5ccc(F)c(Cl)c5)ncnc4cc3OC)CC2C1. The molecule has 1 saturated carbocycles. The van der Waals surface area contributed by atoms with Crippen molar-refractivity contribution in [2.24, 2.45) is 17.8 Å². The number of fused-ring (bicyclic) bond motifs is 2. The fraction of sp³-hybridized carbons (Fsp3) is 0.517. The van der Waals surface area contributed by atoms with Crippen LogP contribution in [0.25, 0.3) is 10.9 Å². The number of halogens is 2. The molecule has 2 aliphatic rings. The number of rotatable bonds is 9. The molecule has 1 aliphatic heterocycles. The molecule has 0 radical (unpaired) electrons. The van der Waals surface area contributed by atoms with E-state index < -0.39 is 5.82 Å². The lowest BCUT2D eigenvalue weighted by Gasteiger charge is -2.19. The van der Waals surface area contributed by atoms with E-state index in [-0.39, 0.29) is 5.02 Å². The van der Waals surface area contributed by atoms with E-state index in [1.807, 2.05) is 12.1 Å². The van der Waals surface area contributed by atoms with Gasteiger partial charge in [0.2, 0.25) is 0 Å². The first-order valence-corrected chi connectivity index (χ1v) is 13.8. The van der Waals surface area contributed by atoms with Crippen LogP contribution in [0.2, 0.25) is 5.02 Å². The van der Waals surface area contributed by atoms with Crippen LogP contribution < -0.4 is 14.8 Å². The lowest BCUT2D eigenvalue weighted by atomic mass is 9.88. The van der Waals surface area contributed by atoms with E-state index in [2.05, 4.69) is 27.1 Å². The number of nitrogens with zero attached hydrogens (tertiary/aromatic N) is 3. The molecule has 1 N–H and O–H groups in total. The van der Waals surface area contributed by atoms with Crippen molar-refractivity contribution in [1.29, 1.82) is 0 Å². The molecule has 2 aromatic carbocycles. The van der Waals surface area contributed by atoms with Crippen molar-refractivity contribution in [1.82, 2.24) is 14.9 Å². The van der Waals surface area contributed by atoms with E-state index in [0.29, 0.717) is 29.6 Å². The molecule has 1 aliphatic carbocycles. The molecule has 8 heteroatoms. The van der Waals surface area contributed by atoms with Gasteiger partial charge in [-0.05, 0) is 61.3 Å². The number of likely N-dealkylation sites (tertiary alicyclic amines) is 1. The van der Waals surface area contributed by atoms with Gasteiger partial charge in [0.15, 0.2) is 11.5 Å². The summed E-state index contributed by atoms with van der Waals surface area (Å²) in [6.07, 6.45) is 9.38. The average molecular weight is 527 g/mol. The number of nitrogens with one attached hydrogen (secondary N) is 1. The van der Waals surface area contributed by atoms with Gasteiger partial charge in [0.25, 0.3) is 0 Å². The van der Waals surface area contributed by atoms with Crippen LogP contribution in [0.1, 0.15) is 45.4 Å². The van der Waals surface area contributed by atoms with Crippen LogP contribution in [0.3, 0.4) is 0 Å². The summed E-state index contributed by atoms with van der Waals surface area (Å²) >= 11 is 5.95. The van der Waals surface area contributed by atoms with Gasteiger partial charge in [-0.3, -0.25) is 0 Å². The van der Waals surface area contributed by atoms with Gasteiger partial charge >= 0.3 is 0 Å². The molecule has 2 heterocycles. The molecule has 3 unspecified atom stereocenters. The van der Waals surface area contributed by atoms with Gasteiger partial charge < -0.3 is 19.7 Å². The highest BCUT2D eigenvalue weighted by molar-refractivity contribution is 6.31. The lowest BCUT2D eigenvalue weighted by molar-refractivity contribution is 0.245. The Hall–Kier alpha value is -2.64. The molecule has 37 heavy (non-hydrogen) atoms. The van der Waals surface area contributed by atoms with Gasteiger partial charge in [-0.15, -0.1) is 0 Å². The lowest BCUT2D eigenvalue weighted by Crippen LogP contribution is -2.24. The second kappa shape index (κ2) is 11.8. The number of ether oxygens (including phenoxy) is 2. The molecule has 2 fully saturated rings. The maximum atomic E-state index is 13.6. The van der Waals surface area contributed by atoms with E-state index in [1.54, 1.807) is 13.2 Å². The molecular formula is C29H36ClFN4O2. The smallest absolute Gasteiger partial charge is 0.162 e. The first kappa shape index (κ1) is 26.0. The van der Waals surface area contributed by atoms with Crippen molar-refractivity contribution in [3.63, 3.8) is 0 Å². The summed E-state index contributed by atoms with van der Waals surface area (Å²) in [6.45, 7) is 6.48. The Kier molecular flexibility index (Phi) is 8.30.